The van der Waals surface area contributed by atoms with Crippen molar-refractivity contribution in [1.29, 1.82) is 0 Å². The Morgan fingerprint density at radius 1 is 1.25 bits per heavy atom. The van der Waals surface area contributed by atoms with Gasteiger partial charge in [0.1, 0.15) is 5.76 Å². The van der Waals surface area contributed by atoms with E-state index in [1.807, 2.05) is 31.2 Å². The maximum atomic E-state index is 5.93. The first-order valence-corrected chi connectivity index (χ1v) is 6.58. The summed E-state index contributed by atoms with van der Waals surface area (Å²) in [7, 11) is 0. The zero-order chi connectivity index (χ0) is 13.9. The standard InChI is InChI=1S/C15H16N4O/c1-2-10-8-19-14(20-10)9-18-13-6-7-17-15-11(13)4-3-5-12(15)16/h3-8H,2,9,16H2,1H3,(H,17,18). The van der Waals surface area contributed by atoms with Gasteiger partial charge in [-0.3, -0.25) is 4.98 Å². The summed E-state index contributed by atoms with van der Waals surface area (Å²) in [6.45, 7) is 2.57. The van der Waals surface area contributed by atoms with Crippen LogP contribution in [0.25, 0.3) is 10.9 Å². The van der Waals surface area contributed by atoms with Crippen LogP contribution >= 0.6 is 0 Å². The fraction of sp³-hybridized carbons (Fsp3) is 0.200. The molecule has 0 aliphatic rings. The van der Waals surface area contributed by atoms with Crippen molar-refractivity contribution in [2.75, 3.05) is 11.1 Å². The highest BCUT2D eigenvalue weighted by molar-refractivity contribution is 5.97. The molecule has 0 amide bonds. The maximum absolute atomic E-state index is 5.93. The lowest BCUT2D eigenvalue weighted by Gasteiger charge is -2.08. The number of oxazole rings is 1. The van der Waals surface area contributed by atoms with Crippen molar-refractivity contribution in [2.24, 2.45) is 0 Å². The molecule has 5 nitrogen and oxygen atoms in total. The first-order valence-electron chi connectivity index (χ1n) is 6.58. The van der Waals surface area contributed by atoms with Crippen LogP contribution in [0.5, 0.6) is 0 Å². The molecule has 5 heteroatoms. The zero-order valence-corrected chi connectivity index (χ0v) is 11.3. The Kier molecular flexibility index (Phi) is 3.25. The molecular formula is C15H16N4O. The molecule has 0 radical (unpaired) electrons. The highest BCUT2D eigenvalue weighted by Crippen LogP contribution is 2.25. The summed E-state index contributed by atoms with van der Waals surface area (Å²) in [5.41, 5.74) is 8.38. The number of fused-ring (bicyclic) bond motifs is 1. The number of nitrogens with two attached hydrogens (primary N) is 1. The van der Waals surface area contributed by atoms with E-state index in [9.17, 15) is 0 Å². The summed E-state index contributed by atoms with van der Waals surface area (Å²) in [6.07, 6.45) is 4.36. The van der Waals surface area contributed by atoms with Gasteiger partial charge in [0.05, 0.1) is 23.9 Å². The van der Waals surface area contributed by atoms with Crippen molar-refractivity contribution >= 4 is 22.3 Å². The molecule has 0 unspecified atom stereocenters. The summed E-state index contributed by atoms with van der Waals surface area (Å²) in [6, 6.07) is 7.69. The first kappa shape index (κ1) is 12.5. The number of hydrogen-bond donors (Lipinski definition) is 2. The zero-order valence-electron chi connectivity index (χ0n) is 11.3. The van der Waals surface area contributed by atoms with Crippen LogP contribution in [0.15, 0.2) is 41.1 Å². The van der Waals surface area contributed by atoms with Gasteiger partial charge < -0.3 is 15.5 Å². The molecule has 3 aromatic rings. The maximum Gasteiger partial charge on any atom is 0.213 e. The van der Waals surface area contributed by atoms with Crippen molar-refractivity contribution in [1.82, 2.24) is 9.97 Å². The quantitative estimate of drug-likeness (QED) is 0.711. The van der Waals surface area contributed by atoms with E-state index in [1.54, 1.807) is 12.4 Å². The number of nitrogens with one attached hydrogen (secondary N) is 1. The van der Waals surface area contributed by atoms with Crippen molar-refractivity contribution in [3.05, 3.63) is 48.3 Å². The molecule has 0 aliphatic heterocycles. The van der Waals surface area contributed by atoms with E-state index < -0.39 is 0 Å². The smallest absolute Gasteiger partial charge is 0.213 e. The van der Waals surface area contributed by atoms with Gasteiger partial charge in [-0.1, -0.05) is 19.1 Å². The van der Waals surface area contributed by atoms with Crippen LogP contribution in [0.2, 0.25) is 0 Å². The van der Waals surface area contributed by atoms with Crippen LogP contribution in [0.4, 0.5) is 11.4 Å². The highest BCUT2D eigenvalue weighted by Gasteiger charge is 2.06. The SMILES string of the molecule is CCc1cnc(CNc2ccnc3c(N)cccc23)o1. The monoisotopic (exact) mass is 268 g/mol. The summed E-state index contributed by atoms with van der Waals surface area (Å²) < 4.78 is 5.58. The summed E-state index contributed by atoms with van der Waals surface area (Å²) in [5.74, 6) is 1.57. The molecule has 0 saturated carbocycles. The van der Waals surface area contributed by atoms with Gasteiger partial charge in [-0.2, -0.15) is 0 Å². The van der Waals surface area contributed by atoms with E-state index in [0.29, 0.717) is 18.1 Å². The Labute approximate surface area is 116 Å². The third kappa shape index (κ3) is 2.30. The van der Waals surface area contributed by atoms with Crippen molar-refractivity contribution < 1.29 is 4.42 Å². The summed E-state index contributed by atoms with van der Waals surface area (Å²) in [5, 5.41) is 4.31. The van der Waals surface area contributed by atoms with Gasteiger partial charge in [-0.25, -0.2) is 4.98 Å². The number of nitrogen functional groups attached to an aromatic ring is 1. The van der Waals surface area contributed by atoms with Crippen LogP contribution in [-0.4, -0.2) is 9.97 Å². The Morgan fingerprint density at radius 2 is 2.15 bits per heavy atom. The molecule has 20 heavy (non-hydrogen) atoms. The van der Waals surface area contributed by atoms with Gasteiger partial charge >= 0.3 is 0 Å². The summed E-state index contributed by atoms with van der Waals surface area (Å²) in [4.78, 5) is 8.54. The van der Waals surface area contributed by atoms with Crippen LogP contribution in [0.3, 0.4) is 0 Å². The molecule has 0 bridgehead atoms. The lowest BCUT2D eigenvalue weighted by molar-refractivity contribution is 0.466. The predicted octanol–water partition coefficient (Wildman–Crippen LogP) is 2.98. The molecule has 0 saturated heterocycles. The molecule has 0 spiro atoms. The fourth-order valence-electron chi connectivity index (χ4n) is 2.12. The van der Waals surface area contributed by atoms with E-state index in [0.717, 1.165) is 28.8 Å². The average Bonchev–Trinajstić information content (AvgIpc) is 2.94. The lowest BCUT2D eigenvalue weighted by Crippen LogP contribution is -2.01. The third-order valence-electron chi connectivity index (χ3n) is 3.18. The van der Waals surface area contributed by atoms with E-state index in [-0.39, 0.29) is 0 Å². The summed E-state index contributed by atoms with van der Waals surface area (Å²) >= 11 is 0. The number of hydrogen-bond acceptors (Lipinski definition) is 5. The first-order chi connectivity index (χ1) is 9.78. The number of pyridine rings is 1. The topological polar surface area (TPSA) is 77.0 Å². The number of para-hydroxylation sites is 1. The van der Waals surface area contributed by atoms with E-state index in [1.165, 1.54) is 0 Å². The highest BCUT2D eigenvalue weighted by atomic mass is 16.4. The minimum Gasteiger partial charge on any atom is -0.444 e. The Bertz CT molecular complexity index is 736. The van der Waals surface area contributed by atoms with Crippen molar-refractivity contribution in [3.63, 3.8) is 0 Å². The second-order valence-corrected chi connectivity index (χ2v) is 4.53. The van der Waals surface area contributed by atoms with Gasteiger partial charge in [0.15, 0.2) is 0 Å². The molecule has 102 valence electrons. The third-order valence-corrected chi connectivity index (χ3v) is 3.18. The minimum absolute atomic E-state index is 0.536. The number of aryl methyl sites for hydroxylation is 1. The van der Waals surface area contributed by atoms with Crippen LogP contribution in [-0.2, 0) is 13.0 Å². The van der Waals surface area contributed by atoms with Gasteiger partial charge in [-0.15, -0.1) is 0 Å². The van der Waals surface area contributed by atoms with E-state index >= 15 is 0 Å². The second kappa shape index (κ2) is 5.21. The Balaban J connectivity index is 1.85. The molecule has 1 aromatic carbocycles. The minimum atomic E-state index is 0.536. The number of rotatable bonds is 4. The second-order valence-electron chi connectivity index (χ2n) is 4.53. The van der Waals surface area contributed by atoms with E-state index in [2.05, 4.69) is 15.3 Å². The van der Waals surface area contributed by atoms with Crippen molar-refractivity contribution in [2.45, 2.75) is 19.9 Å². The molecule has 2 heterocycles. The number of benzene rings is 1. The fourth-order valence-corrected chi connectivity index (χ4v) is 2.12. The number of anilines is 2. The van der Waals surface area contributed by atoms with Gasteiger partial charge in [0.2, 0.25) is 5.89 Å². The molecular weight excluding hydrogens is 252 g/mol. The molecule has 0 aliphatic carbocycles. The molecule has 0 fully saturated rings. The number of aromatic nitrogens is 2. The van der Waals surface area contributed by atoms with Crippen molar-refractivity contribution in [3.8, 4) is 0 Å². The van der Waals surface area contributed by atoms with Crippen LogP contribution < -0.4 is 11.1 Å². The largest absolute Gasteiger partial charge is 0.444 e. The average molecular weight is 268 g/mol. The lowest BCUT2D eigenvalue weighted by atomic mass is 10.1. The van der Waals surface area contributed by atoms with Crippen LogP contribution in [0.1, 0.15) is 18.6 Å². The van der Waals surface area contributed by atoms with Crippen LogP contribution in [0, 0.1) is 0 Å². The predicted molar refractivity (Wildman–Crippen MR) is 79.4 cm³/mol. The van der Waals surface area contributed by atoms with Gasteiger partial charge in [0.25, 0.3) is 0 Å². The van der Waals surface area contributed by atoms with Gasteiger partial charge in [-0.05, 0) is 12.1 Å². The Morgan fingerprint density at radius 3 is 2.95 bits per heavy atom. The normalized spacial score (nSPS) is 10.8. The Hall–Kier alpha value is -2.56. The molecule has 3 rings (SSSR count). The molecule has 3 N–H and O–H groups in total. The van der Waals surface area contributed by atoms with Gasteiger partial charge in [0, 0.05) is 23.7 Å². The molecule has 0 atom stereocenters. The van der Waals surface area contributed by atoms with E-state index in [4.69, 9.17) is 10.2 Å². The molecule has 2 aromatic heterocycles. The number of nitrogens with zero attached hydrogens (tertiary/aromatic N) is 2.